The highest BCUT2D eigenvalue weighted by molar-refractivity contribution is 6.36. The Balaban J connectivity index is 1.22. The fraction of sp³-hybridized carbons (Fsp3) is 0.320. The van der Waals surface area contributed by atoms with E-state index in [2.05, 4.69) is 58.1 Å². The number of aromatic nitrogens is 4. The number of halogens is 2. The molecule has 7 nitrogen and oxygen atoms in total. The Hall–Kier alpha value is -3.03. The predicted octanol–water partition coefficient (Wildman–Crippen LogP) is 5.21. The Bertz CT molecular complexity index is 1300. The Morgan fingerprint density at radius 3 is 2.35 bits per heavy atom. The zero-order valence-corrected chi connectivity index (χ0v) is 20.6. The molecule has 3 heterocycles. The van der Waals surface area contributed by atoms with Crippen molar-refractivity contribution >= 4 is 46.0 Å². The molecule has 1 fully saturated rings. The van der Waals surface area contributed by atoms with Crippen LogP contribution in [0.25, 0.3) is 22.6 Å². The van der Waals surface area contributed by atoms with E-state index in [0.717, 1.165) is 41.3 Å². The maximum Gasteiger partial charge on any atom is 0.227 e. The van der Waals surface area contributed by atoms with Crippen LogP contribution in [0.3, 0.4) is 0 Å². The molecule has 1 aliphatic heterocycles. The van der Waals surface area contributed by atoms with Gasteiger partial charge in [0, 0.05) is 53.5 Å². The van der Waals surface area contributed by atoms with E-state index in [1.807, 2.05) is 9.58 Å². The first-order chi connectivity index (χ1) is 16.4. The average molecular weight is 497 g/mol. The topological polar surface area (TPSA) is 70.1 Å². The number of H-pyrrole nitrogens is 1. The number of piperazine rings is 1. The summed E-state index contributed by atoms with van der Waals surface area (Å²) in [5.41, 5.74) is 4.66. The van der Waals surface area contributed by atoms with Gasteiger partial charge in [0.05, 0.1) is 12.6 Å². The zero-order chi connectivity index (χ0) is 23.8. The first-order valence-corrected chi connectivity index (χ1v) is 12.2. The minimum Gasteiger partial charge on any atom is -0.368 e. The average Bonchev–Trinajstić information content (AvgIpc) is 3.43. The van der Waals surface area contributed by atoms with Crippen LogP contribution >= 0.6 is 23.2 Å². The summed E-state index contributed by atoms with van der Waals surface area (Å²) >= 11 is 12.5. The number of nitrogens with one attached hydrogen (secondary N) is 1. The predicted molar refractivity (Wildman–Crippen MR) is 137 cm³/mol. The van der Waals surface area contributed by atoms with Crippen LogP contribution in [-0.2, 0) is 11.2 Å². The second-order valence-corrected chi connectivity index (χ2v) is 9.61. The van der Waals surface area contributed by atoms with Gasteiger partial charge in [-0.15, -0.1) is 0 Å². The van der Waals surface area contributed by atoms with E-state index < -0.39 is 0 Å². The molecule has 1 amide bonds. The van der Waals surface area contributed by atoms with Crippen molar-refractivity contribution in [2.24, 2.45) is 0 Å². The lowest BCUT2D eigenvalue weighted by atomic mass is 10.1. The Morgan fingerprint density at radius 2 is 1.71 bits per heavy atom. The lowest BCUT2D eigenvalue weighted by Gasteiger charge is -2.36. The van der Waals surface area contributed by atoms with Gasteiger partial charge in [0.1, 0.15) is 11.3 Å². The molecule has 5 rings (SSSR count). The fourth-order valence-electron chi connectivity index (χ4n) is 4.35. The number of benzene rings is 2. The normalized spacial score (nSPS) is 14.4. The minimum atomic E-state index is 0.0508. The van der Waals surface area contributed by atoms with Gasteiger partial charge in [0.25, 0.3) is 0 Å². The van der Waals surface area contributed by atoms with E-state index in [1.54, 1.807) is 24.4 Å². The first-order valence-electron chi connectivity index (χ1n) is 11.4. The summed E-state index contributed by atoms with van der Waals surface area (Å²) in [5, 5.41) is 5.46. The molecule has 2 aromatic carbocycles. The molecule has 1 aliphatic rings. The molecular formula is C25H26Cl2N6O. The summed E-state index contributed by atoms with van der Waals surface area (Å²) in [4.78, 5) is 25.1. The van der Waals surface area contributed by atoms with Crippen LogP contribution in [0.1, 0.15) is 25.5 Å². The third-order valence-electron chi connectivity index (χ3n) is 6.26. The van der Waals surface area contributed by atoms with E-state index >= 15 is 0 Å². The van der Waals surface area contributed by atoms with Crippen molar-refractivity contribution in [1.29, 1.82) is 0 Å². The van der Waals surface area contributed by atoms with Gasteiger partial charge in [-0.05, 0) is 55.8 Å². The van der Waals surface area contributed by atoms with Crippen LogP contribution in [-0.4, -0.2) is 56.7 Å². The molecule has 34 heavy (non-hydrogen) atoms. The quantitative estimate of drug-likeness (QED) is 0.411. The molecule has 1 saturated heterocycles. The Labute approximate surface area is 208 Å². The third-order valence-corrected chi connectivity index (χ3v) is 6.97. The van der Waals surface area contributed by atoms with E-state index in [-0.39, 0.29) is 18.4 Å². The molecular weight excluding hydrogens is 471 g/mol. The zero-order valence-electron chi connectivity index (χ0n) is 19.1. The van der Waals surface area contributed by atoms with Gasteiger partial charge in [-0.25, -0.2) is 9.67 Å². The first kappa shape index (κ1) is 22.7. The molecule has 0 unspecified atom stereocenters. The highest BCUT2D eigenvalue weighted by Crippen LogP contribution is 2.27. The SMILES string of the molecule is CC(C)n1ncc2nc(-c3ccc(N4CCN(C(=O)Cc5c(Cl)cccc5Cl)CC4)cc3)[nH]c21. The van der Waals surface area contributed by atoms with Gasteiger partial charge in [-0.2, -0.15) is 5.10 Å². The van der Waals surface area contributed by atoms with Crippen molar-refractivity contribution in [1.82, 2.24) is 24.6 Å². The highest BCUT2D eigenvalue weighted by atomic mass is 35.5. The standard InChI is InChI=1S/C25H26Cl2N6O/c1-16(2)33-25-22(15-28-33)29-24(30-25)17-6-8-18(9-7-17)31-10-12-32(13-11-31)23(34)14-19-20(26)4-3-5-21(19)27/h3-9,15-16H,10-14H2,1-2H3,(H,29,30). The number of hydrogen-bond donors (Lipinski definition) is 1. The van der Waals surface area contributed by atoms with Crippen LogP contribution < -0.4 is 4.90 Å². The minimum absolute atomic E-state index is 0.0508. The molecule has 2 aromatic heterocycles. The summed E-state index contributed by atoms with van der Waals surface area (Å²) in [6.45, 7) is 7.07. The van der Waals surface area contributed by atoms with Crippen LogP contribution in [0.2, 0.25) is 10.0 Å². The molecule has 0 radical (unpaired) electrons. The summed E-state index contributed by atoms with van der Waals surface area (Å²) in [6, 6.07) is 14.0. The number of fused-ring (bicyclic) bond motifs is 1. The maximum atomic E-state index is 12.8. The number of anilines is 1. The molecule has 9 heteroatoms. The highest BCUT2D eigenvalue weighted by Gasteiger charge is 2.23. The summed E-state index contributed by atoms with van der Waals surface area (Å²) in [7, 11) is 0. The van der Waals surface area contributed by atoms with E-state index in [0.29, 0.717) is 28.7 Å². The van der Waals surface area contributed by atoms with Crippen molar-refractivity contribution in [2.75, 3.05) is 31.1 Å². The second kappa shape index (κ2) is 9.31. The molecule has 0 spiro atoms. The summed E-state index contributed by atoms with van der Waals surface area (Å²) in [6.07, 6.45) is 2.02. The van der Waals surface area contributed by atoms with E-state index in [9.17, 15) is 4.79 Å². The molecule has 4 aromatic rings. The van der Waals surface area contributed by atoms with Crippen molar-refractivity contribution < 1.29 is 4.79 Å². The molecule has 0 atom stereocenters. The molecule has 176 valence electrons. The van der Waals surface area contributed by atoms with Crippen LogP contribution in [0, 0.1) is 0 Å². The van der Waals surface area contributed by atoms with Crippen molar-refractivity contribution in [3.8, 4) is 11.4 Å². The van der Waals surface area contributed by atoms with Gasteiger partial charge in [0.2, 0.25) is 5.91 Å². The number of nitrogens with zero attached hydrogens (tertiary/aromatic N) is 5. The van der Waals surface area contributed by atoms with E-state index in [4.69, 9.17) is 23.2 Å². The van der Waals surface area contributed by atoms with Crippen molar-refractivity contribution in [3.63, 3.8) is 0 Å². The van der Waals surface area contributed by atoms with E-state index in [1.165, 1.54) is 0 Å². The number of carbonyl (C=O) groups is 1. The van der Waals surface area contributed by atoms with Crippen molar-refractivity contribution in [2.45, 2.75) is 26.3 Å². The number of hydrogen-bond acceptors (Lipinski definition) is 4. The number of aromatic amines is 1. The van der Waals surface area contributed by atoms with Gasteiger partial charge in [-0.3, -0.25) is 4.79 Å². The summed E-state index contributed by atoms with van der Waals surface area (Å²) < 4.78 is 1.95. The van der Waals surface area contributed by atoms with Gasteiger partial charge in [-0.1, -0.05) is 29.3 Å². The Morgan fingerprint density at radius 1 is 1.03 bits per heavy atom. The van der Waals surface area contributed by atoms with Gasteiger partial charge < -0.3 is 14.8 Å². The fourth-order valence-corrected chi connectivity index (χ4v) is 4.88. The number of amides is 1. The van der Waals surface area contributed by atoms with Gasteiger partial charge in [0.15, 0.2) is 5.65 Å². The lowest BCUT2D eigenvalue weighted by Crippen LogP contribution is -2.49. The van der Waals surface area contributed by atoms with Crippen LogP contribution in [0.4, 0.5) is 5.69 Å². The number of rotatable bonds is 5. The Kier molecular flexibility index (Phi) is 6.23. The second-order valence-electron chi connectivity index (χ2n) is 8.79. The monoisotopic (exact) mass is 496 g/mol. The van der Waals surface area contributed by atoms with Gasteiger partial charge >= 0.3 is 0 Å². The molecule has 0 aliphatic carbocycles. The molecule has 1 N–H and O–H groups in total. The lowest BCUT2D eigenvalue weighted by molar-refractivity contribution is -0.130. The van der Waals surface area contributed by atoms with Crippen LogP contribution in [0.15, 0.2) is 48.7 Å². The smallest absolute Gasteiger partial charge is 0.227 e. The molecule has 0 bridgehead atoms. The molecule has 0 saturated carbocycles. The maximum absolute atomic E-state index is 12.8. The van der Waals surface area contributed by atoms with Crippen LogP contribution in [0.5, 0.6) is 0 Å². The van der Waals surface area contributed by atoms with Crippen molar-refractivity contribution in [3.05, 3.63) is 64.3 Å². The third kappa shape index (κ3) is 4.38. The summed E-state index contributed by atoms with van der Waals surface area (Å²) in [5.74, 6) is 0.886. The number of imidazole rings is 1. The number of carbonyl (C=O) groups excluding carboxylic acids is 1. The largest absolute Gasteiger partial charge is 0.368 e.